The molecule has 2 atom stereocenters. The highest BCUT2D eigenvalue weighted by Gasteiger charge is 2.27. The first-order valence-electron chi connectivity index (χ1n) is 11.9. The van der Waals surface area contributed by atoms with Crippen LogP contribution in [0.2, 0.25) is 0 Å². The second-order valence-corrected chi connectivity index (χ2v) is 9.11. The van der Waals surface area contributed by atoms with Crippen molar-refractivity contribution in [3.05, 3.63) is 59.2 Å². The highest BCUT2D eigenvalue weighted by molar-refractivity contribution is 5.97. The molecule has 3 aliphatic rings. The normalized spacial score (nSPS) is 21.7. The van der Waals surface area contributed by atoms with Crippen molar-refractivity contribution in [2.24, 2.45) is 0 Å². The molecule has 0 radical (unpaired) electrons. The van der Waals surface area contributed by atoms with E-state index in [9.17, 15) is 9.90 Å². The molecule has 3 aliphatic heterocycles. The lowest BCUT2D eigenvalue weighted by Crippen LogP contribution is -2.44. The van der Waals surface area contributed by atoms with Gasteiger partial charge in [-0.25, -0.2) is 0 Å². The fourth-order valence-electron chi connectivity index (χ4n) is 4.89. The quantitative estimate of drug-likeness (QED) is 0.696. The number of hydrogen-bond donors (Lipinski definition) is 1. The summed E-state index contributed by atoms with van der Waals surface area (Å²) in [4.78, 5) is 17.1. The van der Waals surface area contributed by atoms with Gasteiger partial charge in [-0.3, -0.25) is 9.69 Å². The van der Waals surface area contributed by atoms with Gasteiger partial charge in [0.1, 0.15) is 24.7 Å². The third-order valence-corrected chi connectivity index (χ3v) is 6.66. The zero-order valence-electron chi connectivity index (χ0n) is 18.9. The molecule has 2 aromatic carbocycles. The van der Waals surface area contributed by atoms with Crippen LogP contribution >= 0.6 is 0 Å². The Morgan fingerprint density at radius 2 is 1.97 bits per heavy atom. The summed E-state index contributed by atoms with van der Waals surface area (Å²) in [6, 6.07) is 13.8. The van der Waals surface area contributed by atoms with E-state index in [0.717, 1.165) is 39.0 Å². The van der Waals surface area contributed by atoms with Crippen LogP contribution in [0.25, 0.3) is 0 Å². The monoisotopic (exact) mass is 452 g/mol. The molecule has 176 valence electrons. The summed E-state index contributed by atoms with van der Waals surface area (Å²) in [7, 11) is 0. The molecule has 5 rings (SSSR count). The van der Waals surface area contributed by atoms with Crippen LogP contribution in [0.15, 0.2) is 42.5 Å². The van der Waals surface area contributed by atoms with E-state index in [2.05, 4.69) is 29.2 Å². The number of carbonyl (C=O) groups is 1. The first kappa shape index (κ1) is 22.2. The van der Waals surface area contributed by atoms with Crippen LogP contribution < -0.4 is 9.47 Å². The zero-order valence-corrected chi connectivity index (χ0v) is 18.9. The predicted octanol–water partition coefficient (Wildman–Crippen LogP) is 2.50. The molecule has 2 aromatic rings. The van der Waals surface area contributed by atoms with Crippen molar-refractivity contribution >= 4 is 5.91 Å². The Morgan fingerprint density at radius 1 is 1.09 bits per heavy atom. The van der Waals surface area contributed by atoms with Crippen LogP contribution in [0.1, 0.15) is 34.3 Å². The lowest BCUT2D eigenvalue weighted by molar-refractivity contribution is 0.0501. The SMILES string of the molecule is O=C1c2ccc(OCC3CCCO3)cc2OCCN1C[C@H](O)CN1CCc2ccccc2C1. The van der Waals surface area contributed by atoms with E-state index in [1.54, 1.807) is 23.1 Å². The van der Waals surface area contributed by atoms with Gasteiger partial charge >= 0.3 is 0 Å². The topological polar surface area (TPSA) is 71.5 Å². The lowest BCUT2D eigenvalue weighted by atomic mass is 10.00. The standard InChI is InChI=1S/C26H32N2O5/c29-21(16-27-10-9-19-4-1-2-5-20(19)15-27)17-28-11-13-32-25-14-22(7-8-24(25)26(28)30)33-18-23-6-3-12-31-23/h1-2,4-5,7-8,14,21,23,29H,3,6,9-13,15-18H2/t21-,23?/m1/s1. The summed E-state index contributed by atoms with van der Waals surface area (Å²) in [6.45, 7) is 4.72. The minimum Gasteiger partial charge on any atom is -0.491 e. The molecule has 1 unspecified atom stereocenters. The van der Waals surface area contributed by atoms with Gasteiger partial charge in [0.2, 0.25) is 0 Å². The molecule has 0 spiro atoms. The van der Waals surface area contributed by atoms with E-state index >= 15 is 0 Å². The number of aliphatic hydroxyl groups is 1. The molecule has 7 nitrogen and oxygen atoms in total. The number of carbonyl (C=O) groups excluding carboxylic acids is 1. The number of nitrogens with zero attached hydrogens (tertiary/aromatic N) is 2. The van der Waals surface area contributed by atoms with Gasteiger partial charge in [-0.1, -0.05) is 24.3 Å². The average Bonchev–Trinajstić information content (AvgIpc) is 3.30. The van der Waals surface area contributed by atoms with Crippen molar-refractivity contribution in [1.82, 2.24) is 9.80 Å². The van der Waals surface area contributed by atoms with E-state index in [0.29, 0.717) is 43.4 Å². The number of rotatable bonds is 7. The van der Waals surface area contributed by atoms with E-state index < -0.39 is 6.10 Å². The van der Waals surface area contributed by atoms with Crippen LogP contribution in [0.4, 0.5) is 0 Å². The molecule has 1 amide bonds. The molecule has 0 aliphatic carbocycles. The summed E-state index contributed by atoms with van der Waals surface area (Å²) in [5.41, 5.74) is 3.22. The first-order valence-corrected chi connectivity index (χ1v) is 11.9. The van der Waals surface area contributed by atoms with Crippen LogP contribution in [-0.2, 0) is 17.7 Å². The first-order chi connectivity index (χ1) is 16.2. The molecule has 0 bridgehead atoms. The molecule has 1 fully saturated rings. The number of β-amino-alcohol motifs (C(OH)–C–C–N with tert-alkyl or cyclic N) is 1. The molecule has 0 aromatic heterocycles. The van der Waals surface area contributed by atoms with Crippen molar-refractivity contribution in [1.29, 1.82) is 0 Å². The molecule has 1 N–H and O–H groups in total. The molecule has 7 heteroatoms. The zero-order chi connectivity index (χ0) is 22.6. The highest BCUT2D eigenvalue weighted by atomic mass is 16.5. The predicted molar refractivity (Wildman–Crippen MR) is 124 cm³/mol. The number of ether oxygens (including phenoxy) is 3. The number of amides is 1. The van der Waals surface area contributed by atoms with Gasteiger partial charge in [0.05, 0.1) is 24.3 Å². The molecule has 3 heterocycles. The van der Waals surface area contributed by atoms with Gasteiger partial charge in [-0.05, 0) is 42.5 Å². The molecule has 33 heavy (non-hydrogen) atoms. The third kappa shape index (κ3) is 5.32. The van der Waals surface area contributed by atoms with Crippen molar-refractivity contribution < 1.29 is 24.1 Å². The van der Waals surface area contributed by atoms with Gasteiger partial charge < -0.3 is 24.2 Å². The lowest BCUT2D eigenvalue weighted by Gasteiger charge is -2.32. The maximum Gasteiger partial charge on any atom is 0.257 e. The van der Waals surface area contributed by atoms with Gasteiger partial charge in [0.15, 0.2) is 0 Å². The Labute approximate surface area is 194 Å². The maximum atomic E-state index is 13.2. The Bertz CT molecular complexity index is 975. The van der Waals surface area contributed by atoms with E-state index in [1.807, 2.05) is 0 Å². The third-order valence-electron chi connectivity index (χ3n) is 6.66. The van der Waals surface area contributed by atoms with E-state index in [1.165, 1.54) is 11.1 Å². The Morgan fingerprint density at radius 3 is 2.82 bits per heavy atom. The Hall–Kier alpha value is -2.61. The molecular formula is C26H32N2O5. The van der Waals surface area contributed by atoms with Crippen LogP contribution in [-0.4, -0.2) is 79.0 Å². The average molecular weight is 453 g/mol. The second kappa shape index (κ2) is 10.1. The van der Waals surface area contributed by atoms with Crippen molar-refractivity contribution in [2.45, 2.75) is 38.0 Å². The Kier molecular flexibility index (Phi) is 6.80. The summed E-state index contributed by atoms with van der Waals surface area (Å²) in [5.74, 6) is 1.10. The number of fused-ring (bicyclic) bond motifs is 2. The molecule has 0 saturated carbocycles. The molecular weight excluding hydrogens is 420 g/mol. The van der Waals surface area contributed by atoms with E-state index in [-0.39, 0.29) is 18.6 Å². The van der Waals surface area contributed by atoms with Gasteiger partial charge in [0.25, 0.3) is 5.91 Å². The second-order valence-electron chi connectivity index (χ2n) is 9.11. The Balaban J connectivity index is 1.17. The van der Waals surface area contributed by atoms with Crippen molar-refractivity contribution in [2.75, 3.05) is 46.0 Å². The molecule has 1 saturated heterocycles. The van der Waals surface area contributed by atoms with Crippen LogP contribution in [0.3, 0.4) is 0 Å². The highest BCUT2D eigenvalue weighted by Crippen LogP contribution is 2.29. The van der Waals surface area contributed by atoms with Crippen molar-refractivity contribution in [3.8, 4) is 11.5 Å². The van der Waals surface area contributed by atoms with Crippen LogP contribution in [0.5, 0.6) is 11.5 Å². The summed E-state index contributed by atoms with van der Waals surface area (Å²) in [5, 5.41) is 10.8. The number of benzene rings is 2. The summed E-state index contributed by atoms with van der Waals surface area (Å²) < 4.78 is 17.3. The smallest absolute Gasteiger partial charge is 0.257 e. The van der Waals surface area contributed by atoms with E-state index in [4.69, 9.17) is 14.2 Å². The minimum atomic E-state index is -0.616. The maximum absolute atomic E-state index is 13.2. The largest absolute Gasteiger partial charge is 0.491 e. The number of aliphatic hydroxyl groups excluding tert-OH is 1. The fourth-order valence-corrected chi connectivity index (χ4v) is 4.89. The number of hydrogen-bond acceptors (Lipinski definition) is 6. The summed E-state index contributed by atoms with van der Waals surface area (Å²) >= 11 is 0. The van der Waals surface area contributed by atoms with Gasteiger partial charge in [0, 0.05) is 38.9 Å². The van der Waals surface area contributed by atoms with Crippen LogP contribution in [0, 0.1) is 0 Å². The van der Waals surface area contributed by atoms with Crippen molar-refractivity contribution in [3.63, 3.8) is 0 Å². The van der Waals surface area contributed by atoms with Gasteiger partial charge in [-0.15, -0.1) is 0 Å². The summed E-state index contributed by atoms with van der Waals surface area (Å²) in [6.07, 6.45) is 2.60. The van der Waals surface area contributed by atoms with Gasteiger partial charge in [-0.2, -0.15) is 0 Å². The minimum absolute atomic E-state index is 0.115. The fraction of sp³-hybridized carbons (Fsp3) is 0.500.